The Morgan fingerprint density at radius 2 is 1.81 bits per heavy atom. The molecule has 27 heavy (non-hydrogen) atoms. The number of benzene rings is 2. The van der Waals surface area contributed by atoms with Crippen molar-refractivity contribution in [1.82, 2.24) is 0 Å². The molecule has 0 saturated carbocycles. The first kappa shape index (κ1) is 18.9. The van der Waals surface area contributed by atoms with E-state index >= 15 is 0 Å². The molecule has 2 aromatic carbocycles. The Morgan fingerprint density at radius 3 is 2.48 bits per heavy atom. The minimum atomic E-state index is -0.946. The van der Waals surface area contributed by atoms with Gasteiger partial charge in [0.2, 0.25) is 5.78 Å². The number of carboxylic acid groups (broad SMARTS) is 1. The lowest BCUT2D eigenvalue weighted by Gasteiger charge is -2.02. The maximum atomic E-state index is 12.7. The highest BCUT2D eigenvalue weighted by Gasteiger charge is 2.17. The molecule has 134 valence electrons. The van der Waals surface area contributed by atoms with Crippen molar-refractivity contribution in [2.45, 2.75) is 6.42 Å². The molecule has 0 saturated heterocycles. The van der Waals surface area contributed by atoms with Gasteiger partial charge in [-0.3, -0.25) is 9.59 Å². The molecule has 0 aliphatic rings. The Bertz CT molecular complexity index is 1080. The first-order chi connectivity index (χ1) is 12.9. The normalized spacial score (nSPS) is 10.1. The molecular formula is C21H14BrNO3S. The number of ketones is 1. The fourth-order valence-electron chi connectivity index (χ4n) is 2.42. The number of halogens is 1. The first-order valence-corrected chi connectivity index (χ1v) is 9.56. The maximum absolute atomic E-state index is 12.7. The van der Waals surface area contributed by atoms with Gasteiger partial charge < -0.3 is 10.8 Å². The van der Waals surface area contributed by atoms with Gasteiger partial charge in [-0.05, 0) is 57.9 Å². The lowest BCUT2D eigenvalue weighted by molar-refractivity contribution is -0.136. The summed E-state index contributed by atoms with van der Waals surface area (Å²) in [7, 11) is 0. The zero-order valence-electron chi connectivity index (χ0n) is 14.0. The van der Waals surface area contributed by atoms with Gasteiger partial charge in [-0.1, -0.05) is 30.0 Å². The standard InChI is InChI=1S/C21H14BrNO3S/c22-21-16(12-19(24)25)11-18(27-21)20(26)15-9-8-14(17(23)10-15)7-6-13-4-2-1-3-5-13/h1-5,8-11H,12,23H2,(H,24,25). The van der Waals surface area contributed by atoms with Crippen molar-refractivity contribution in [2.24, 2.45) is 0 Å². The van der Waals surface area contributed by atoms with E-state index in [1.165, 1.54) is 11.3 Å². The molecule has 0 radical (unpaired) electrons. The number of rotatable bonds is 4. The molecule has 4 nitrogen and oxygen atoms in total. The van der Waals surface area contributed by atoms with Gasteiger partial charge >= 0.3 is 5.97 Å². The number of carbonyl (C=O) groups is 2. The van der Waals surface area contributed by atoms with Crippen LogP contribution in [0.1, 0.15) is 31.9 Å². The smallest absolute Gasteiger partial charge is 0.307 e. The summed E-state index contributed by atoms with van der Waals surface area (Å²) in [6.07, 6.45) is -0.138. The van der Waals surface area contributed by atoms with E-state index in [1.54, 1.807) is 24.3 Å². The lowest BCUT2D eigenvalue weighted by atomic mass is 10.0. The molecule has 1 aromatic heterocycles. The van der Waals surface area contributed by atoms with Crippen LogP contribution in [0.3, 0.4) is 0 Å². The van der Waals surface area contributed by atoms with Crippen molar-refractivity contribution in [1.29, 1.82) is 0 Å². The van der Waals surface area contributed by atoms with Gasteiger partial charge in [-0.2, -0.15) is 0 Å². The molecule has 3 rings (SSSR count). The van der Waals surface area contributed by atoms with Crippen LogP contribution in [-0.2, 0) is 11.2 Å². The van der Waals surface area contributed by atoms with Crippen LogP contribution in [0.4, 0.5) is 5.69 Å². The van der Waals surface area contributed by atoms with E-state index in [4.69, 9.17) is 10.8 Å². The SMILES string of the molecule is Nc1cc(C(=O)c2cc(CC(=O)O)c(Br)s2)ccc1C#Cc1ccccc1. The molecule has 3 N–H and O–H groups in total. The van der Waals surface area contributed by atoms with E-state index in [0.29, 0.717) is 31.0 Å². The maximum Gasteiger partial charge on any atom is 0.307 e. The van der Waals surface area contributed by atoms with Gasteiger partial charge in [-0.25, -0.2) is 0 Å². The van der Waals surface area contributed by atoms with E-state index < -0.39 is 5.97 Å². The topological polar surface area (TPSA) is 80.4 Å². The zero-order valence-corrected chi connectivity index (χ0v) is 16.4. The zero-order chi connectivity index (χ0) is 19.4. The van der Waals surface area contributed by atoms with Crippen LogP contribution < -0.4 is 5.73 Å². The third kappa shape index (κ3) is 4.64. The first-order valence-electron chi connectivity index (χ1n) is 7.95. The number of hydrogen-bond acceptors (Lipinski definition) is 4. The molecule has 0 aliphatic heterocycles. The van der Waals surface area contributed by atoms with Gasteiger partial charge in [0.15, 0.2) is 0 Å². The summed E-state index contributed by atoms with van der Waals surface area (Å²) < 4.78 is 0.645. The van der Waals surface area contributed by atoms with Crippen molar-refractivity contribution in [3.05, 3.63) is 85.5 Å². The minimum absolute atomic E-state index is 0.138. The monoisotopic (exact) mass is 439 g/mol. The molecule has 0 unspecified atom stereocenters. The third-order valence-corrected chi connectivity index (χ3v) is 5.71. The van der Waals surface area contributed by atoms with Gasteiger partial charge in [0.1, 0.15) is 0 Å². The second-order valence-electron chi connectivity index (χ2n) is 5.73. The van der Waals surface area contributed by atoms with E-state index in [2.05, 4.69) is 27.8 Å². The number of anilines is 1. The molecule has 0 bridgehead atoms. The Kier molecular flexibility index (Phi) is 5.75. The summed E-state index contributed by atoms with van der Waals surface area (Å²) >= 11 is 4.53. The van der Waals surface area contributed by atoms with Crippen LogP contribution in [0, 0.1) is 11.8 Å². The molecule has 0 spiro atoms. The largest absolute Gasteiger partial charge is 0.481 e. The summed E-state index contributed by atoms with van der Waals surface area (Å²) in [6.45, 7) is 0. The van der Waals surface area contributed by atoms with E-state index in [1.807, 2.05) is 30.3 Å². The molecule has 6 heteroatoms. The molecular weight excluding hydrogens is 426 g/mol. The average Bonchev–Trinajstić information content (AvgIpc) is 3.00. The highest BCUT2D eigenvalue weighted by Crippen LogP contribution is 2.30. The summed E-state index contributed by atoms with van der Waals surface area (Å²) in [5, 5.41) is 8.93. The second kappa shape index (κ2) is 8.21. The molecule has 3 aromatic rings. The predicted octanol–water partition coefficient (Wildman–Crippen LogP) is 4.35. The fourth-order valence-corrected chi connectivity index (χ4v) is 4.07. The van der Waals surface area contributed by atoms with Gasteiger partial charge in [0.25, 0.3) is 0 Å². The van der Waals surface area contributed by atoms with Crippen molar-refractivity contribution in [3.63, 3.8) is 0 Å². The van der Waals surface area contributed by atoms with Crippen molar-refractivity contribution < 1.29 is 14.7 Å². The fraction of sp³-hybridized carbons (Fsp3) is 0.0476. The number of carbonyl (C=O) groups excluding carboxylic acids is 1. The summed E-state index contributed by atoms with van der Waals surface area (Å²) in [6, 6.07) is 16.2. The summed E-state index contributed by atoms with van der Waals surface area (Å²) in [5.41, 5.74) is 9.03. The highest BCUT2D eigenvalue weighted by molar-refractivity contribution is 9.11. The number of carboxylic acids is 1. The Hall–Kier alpha value is -2.88. The molecule has 0 atom stereocenters. The minimum Gasteiger partial charge on any atom is -0.481 e. The van der Waals surface area contributed by atoms with Crippen LogP contribution >= 0.6 is 27.3 Å². The van der Waals surface area contributed by atoms with E-state index in [0.717, 1.165) is 5.56 Å². The lowest BCUT2D eigenvalue weighted by Crippen LogP contribution is -2.02. The van der Waals surface area contributed by atoms with Gasteiger partial charge in [0, 0.05) is 22.4 Å². The molecule has 0 aliphatic carbocycles. The third-order valence-electron chi connectivity index (χ3n) is 3.75. The Labute approximate surface area is 168 Å². The molecule has 0 amide bonds. The number of hydrogen-bond donors (Lipinski definition) is 2. The van der Waals surface area contributed by atoms with Crippen molar-refractivity contribution in [3.8, 4) is 11.8 Å². The van der Waals surface area contributed by atoms with Gasteiger partial charge in [-0.15, -0.1) is 11.3 Å². The number of nitrogen functional groups attached to an aromatic ring is 1. The van der Waals surface area contributed by atoms with Crippen LogP contribution in [-0.4, -0.2) is 16.9 Å². The number of nitrogens with two attached hydrogens (primary N) is 1. The predicted molar refractivity (Wildman–Crippen MR) is 110 cm³/mol. The second-order valence-corrected chi connectivity index (χ2v) is 8.10. The molecule has 1 heterocycles. The highest BCUT2D eigenvalue weighted by atomic mass is 79.9. The Balaban J connectivity index is 1.84. The van der Waals surface area contributed by atoms with Crippen LogP contribution in [0.15, 0.2) is 58.4 Å². The quantitative estimate of drug-likeness (QED) is 0.359. The number of aliphatic carboxylic acids is 1. The van der Waals surface area contributed by atoms with Crippen LogP contribution in [0.5, 0.6) is 0 Å². The van der Waals surface area contributed by atoms with Crippen LogP contribution in [0.25, 0.3) is 0 Å². The van der Waals surface area contributed by atoms with Crippen molar-refractivity contribution >= 4 is 44.7 Å². The van der Waals surface area contributed by atoms with E-state index in [9.17, 15) is 9.59 Å². The average molecular weight is 440 g/mol. The van der Waals surface area contributed by atoms with E-state index in [-0.39, 0.29) is 12.2 Å². The van der Waals surface area contributed by atoms with Crippen LogP contribution in [0.2, 0.25) is 0 Å². The summed E-state index contributed by atoms with van der Waals surface area (Å²) in [5.74, 6) is 4.90. The summed E-state index contributed by atoms with van der Waals surface area (Å²) in [4.78, 5) is 24.0. The van der Waals surface area contributed by atoms with Crippen molar-refractivity contribution in [2.75, 3.05) is 5.73 Å². The van der Waals surface area contributed by atoms with Gasteiger partial charge in [0.05, 0.1) is 15.1 Å². The molecule has 0 fully saturated rings. The number of thiophene rings is 1. The Morgan fingerprint density at radius 1 is 1.07 bits per heavy atom.